The van der Waals surface area contributed by atoms with E-state index < -0.39 is 57.4 Å². The molecule has 0 bridgehead atoms. The molecule has 2 N–H and O–H groups in total. The summed E-state index contributed by atoms with van der Waals surface area (Å²) in [6.07, 6.45) is 0.787. The maximum atomic E-state index is 14.2. The number of thiazole rings is 1. The smallest absolute Gasteiger partial charge is 0.320 e. The number of benzene rings is 5. The van der Waals surface area contributed by atoms with Gasteiger partial charge >= 0.3 is 5.97 Å². The van der Waals surface area contributed by atoms with Crippen molar-refractivity contribution in [2.75, 3.05) is 28.6 Å². The molecule has 2 amide bonds. The number of alkyl halides is 1. The molecule has 0 aliphatic carbocycles. The molecule has 0 saturated carbocycles. The van der Waals surface area contributed by atoms with E-state index in [0.29, 0.717) is 5.13 Å². The number of rotatable bonds is 16. The zero-order valence-corrected chi connectivity index (χ0v) is 37.1. The van der Waals surface area contributed by atoms with Gasteiger partial charge in [-0.05, 0) is 39.0 Å². The normalized spacial score (nSPS) is 19.8. The van der Waals surface area contributed by atoms with E-state index in [1.807, 2.05) is 115 Å². The number of amides is 2. The molecule has 0 spiro atoms. The van der Waals surface area contributed by atoms with Crippen molar-refractivity contribution in [1.82, 2.24) is 15.2 Å². The molecule has 11 nitrogen and oxygen atoms in total. The number of esters is 1. The van der Waals surface area contributed by atoms with E-state index in [4.69, 9.17) is 14.6 Å². The molecule has 3 unspecified atom stereocenters. The first-order valence-electron chi connectivity index (χ1n) is 19.8. The van der Waals surface area contributed by atoms with E-state index in [1.54, 1.807) is 5.38 Å². The number of aromatic nitrogens is 1. The third-order valence-electron chi connectivity index (χ3n) is 10.9. The van der Waals surface area contributed by atoms with E-state index in [9.17, 15) is 18.9 Å². The molecule has 6 aromatic rings. The van der Waals surface area contributed by atoms with Gasteiger partial charge in [0, 0.05) is 16.4 Å². The summed E-state index contributed by atoms with van der Waals surface area (Å²) in [5.74, 6) is -1.80. The molecule has 2 fully saturated rings. The summed E-state index contributed by atoms with van der Waals surface area (Å²) >= 11 is 1.64. The predicted molar refractivity (Wildman–Crippen MR) is 250 cm³/mol. The van der Waals surface area contributed by atoms with Gasteiger partial charge in [0.25, 0.3) is 11.8 Å². The molecule has 14 heteroatoms. The number of carbonyl (C=O) groups excluding carboxylic acids is 3. The van der Waals surface area contributed by atoms with Crippen molar-refractivity contribution in [3.8, 4) is 0 Å². The van der Waals surface area contributed by atoms with Crippen LogP contribution in [0.1, 0.15) is 39.6 Å². The highest BCUT2D eigenvalue weighted by atomic mass is 127. The summed E-state index contributed by atoms with van der Waals surface area (Å²) in [5.41, 5.74) is 2.39. The molecule has 5 aromatic carbocycles. The summed E-state index contributed by atoms with van der Waals surface area (Å²) in [7, 11) is 0. The van der Waals surface area contributed by atoms with E-state index in [-0.39, 0.29) is 34.7 Å². The molecule has 314 valence electrons. The van der Waals surface area contributed by atoms with Crippen LogP contribution in [0.5, 0.6) is 0 Å². The van der Waals surface area contributed by atoms with Crippen molar-refractivity contribution in [2.24, 2.45) is 10.6 Å². The fraction of sp³-hybridized carbons (Fsp3) is 0.188. The van der Waals surface area contributed by atoms with Crippen LogP contribution < -0.4 is 10.6 Å². The van der Waals surface area contributed by atoms with Crippen LogP contribution in [0, 0.1) is 5.41 Å². The van der Waals surface area contributed by atoms with Crippen molar-refractivity contribution >= 4 is 73.7 Å². The number of anilines is 1. The standard InChI is InChI=1S/C48H42IN5O6S2/c1-2-28-59-53-39(38-29-61-46(50-38)52-48(35-22-12-5-13-23-35,36-24-14-6-15-25-36)37-26-16-7-17-27-37)42(55)51-40-43(56)54-31-47(30-49,32-62(58)44(40)54)45(57)60-41(33-18-8-3-9-19-33)34-20-10-4-11-21-34/h2-27,29,40-41,44H,1,28,30-32H2,(H,50,52)(H,51,55)/t40?,44-,47?,62?/m1/s1. The Balaban J connectivity index is 1.03. The molecule has 2 saturated heterocycles. The zero-order valence-electron chi connectivity index (χ0n) is 33.3. The first kappa shape index (κ1) is 42.9. The van der Waals surface area contributed by atoms with Crippen LogP contribution in [-0.4, -0.2) is 72.7 Å². The minimum atomic E-state index is -1.74. The second-order valence-electron chi connectivity index (χ2n) is 14.9. The van der Waals surface area contributed by atoms with Crippen molar-refractivity contribution in [3.63, 3.8) is 0 Å². The van der Waals surface area contributed by atoms with Gasteiger partial charge in [0.1, 0.15) is 29.0 Å². The minimum absolute atomic E-state index is 0.0107. The number of carbonyl (C=O) groups is 3. The fourth-order valence-corrected chi connectivity index (χ4v) is 11.8. The van der Waals surface area contributed by atoms with Crippen molar-refractivity contribution in [3.05, 3.63) is 203 Å². The van der Waals surface area contributed by atoms with E-state index in [0.717, 1.165) is 27.8 Å². The molecule has 2 aliphatic rings. The van der Waals surface area contributed by atoms with Crippen LogP contribution in [-0.2, 0) is 40.7 Å². The number of oxime groups is 1. The predicted octanol–water partition coefficient (Wildman–Crippen LogP) is 7.62. The highest BCUT2D eigenvalue weighted by molar-refractivity contribution is 14.1. The van der Waals surface area contributed by atoms with Crippen LogP contribution in [0.15, 0.2) is 175 Å². The Labute approximate surface area is 380 Å². The van der Waals surface area contributed by atoms with Crippen LogP contribution in [0.2, 0.25) is 0 Å². The Morgan fingerprint density at radius 3 is 1.92 bits per heavy atom. The zero-order chi connectivity index (χ0) is 43.1. The lowest BCUT2D eigenvalue weighted by Gasteiger charge is -2.53. The number of nitrogens with zero attached hydrogens (tertiary/aromatic N) is 3. The molecule has 1 aromatic heterocycles. The second kappa shape index (κ2) is 19.1. The quantitative estimate of drug-likeness (QED) is 0.00964. The summed E-state index contributed by atoms with van der Waals surface area (Å²) in [6.45, 7) is 3.68. The lowest BCUT2D eigenvalue weighted by molar-refractivity contribution is -0.164. The maximum Gasteiger partial charge on any atom is 0.320 e. The molecular formula is C48H42IN5O6S2. The van der Waals surface area contributed by atoms with Crippen LogP contribution in [0.3, 0.4) is 0 Å². The fourth-order valence-electron chi connectivity index (χ4n) is 7.87. The van der Waals surface area contributed by atoms with Crippen LogP contribution >= 0.6 is 33.9 Å². The van der Waals surface area contributed by atoms with Crippen molar-refractivity contribution in [1.29, 1.82) is 0 Å². The van der Waals surface area contributed by atoms with Gasteiger partial charge in [-0.3, -0.25) is 19.3 Å². The van der Waals surface area contributed by atoms with Gasteiger partial charge in [-0.1, -0.05) is 192 Å². The van der Waals surface area contributed by atoms with Gasteiger partial charge in [0.05, 0.1) is 0 Å². The van der Waals surface area contributed by atoms with Crippen LogP contribution in [0.4, 0.5) is 5.13 Å². The number of hydrogen-bond donors (Lipinski definition) is 2. The number of nitrogens with one attached hydrogen (secondary N) is 2. The number of ether oxygens (including phenoxy) is 1. The summed E-state index contributed by atoms with van der Waals surface area (Å²) < 4.78 is 20.6. The summed E-state index contributed by atoms with van der Waals surface area (Å²) in [4.78, 5) is 53.9. The molecule has 62 heavy (non-hydrogen) atoms. The topological polar surface area (TPSA) is 145 Å². The van der Waals surface area contributed by atoms with Gasteiger partial charge in [0.2, 0.25) is 5.37 Å². The molecule has 8 rings (SSSR count). The van der Waals surface area contributed by atoms with E-state index >= 15 is 0 Å². The lowest BCUT2D eigenvalue weighted by Crippen LogP contribution is -2.78. The minimum Gasteiger partial charge on any atom is -0.615 e. The van der Waals surface area contributed by atoms with Gasteiger partial charge < -0.3 is 24.8 Å². The van der Waals surface area contributed by atoms with Crippen LogP contribution in [0.25, 0.3) is 0 Å². The Morgan fingerprint density at radius 2 is 1.42 bits per heavy atom. The van der Waals surface area contributed by atoms with Gasteiger partial charge in [-0.15, -0.1) is 11.3 Å². The first-order valence-corrected chi connectivity index (χ1v) is 23.6. The third kappa shape index (κ3) is 8.51. The maximum absolute atomic E-state index is 14.2. The van der Waals surface area contributed by atoms with Crippen molar-refractivity contribution in [2.45, 2.75) is 23.1 Å². The molecular weight excluding hydrogens is 934 g/mol. The Hall–Kier alpha value is -5.81. The van der Waals surface area contributed by atoms with Gasteiger partial charge in [-0.2, -0.15) is 0 Å². The van der Waals surface area contributed by atoms with E-state index in [2.05, 4.69) is 81.4 Å². The SMILES string of the molecule is C=CCON=C(C(=O)NC1C(=O)N2CC(CI)(C(=O)OC(c3ccccc3)c3ccccc3)C[S+]([O-])[C@H]12)c1csc(NC(c2ccccc2)(c2ccccc2)c2ccccc2)n1. The molecule has 3 heterocycles. The number of β-lactam (4-membered cyclic amide) rings is 1. The third-order valence-corrected chi connectivity index (χ3v) is 15.1. The number of hydrogen-bond acceptors (Lipinski definition) is 10. The first-order chi connectivity index (χ1) is 30.3. The monoisotopic (exact) mass is 975 g/mol. The lowest BCUT2D eigenvalue weighted by atomic mass is 9.77. The summed E-state index contributed by atoms with van der Waals surface area (Å²) in [5, 5.41) is 12.0. The number of halogens is 1. The largest absolute Gasteiger partial charge is 0.615 e. The average Bonchev–Trinajstić information content (AvgIpc) is 3.79. The van der Waals surface area contributed by atoms with Crippen molar-refractivity contribution < 1.29 is 28.5 Å². The molecule has 4 atom stereocenters. The highest BCUT2D eigenvalue weighted by Crippen LogP contribution is 2.43. The number of fused-ring (bicyclic) bond motifs is 1. The average molecular weight is 976 g/mol. The molecule has 2 aliphatic heterocycles. The Kier molecular flexibility index (Phi) is 13.2. The highest BCUT2D eigenvalue weighted by Gasteiger charge is 2.64. The van der Waals surface area contributed by atoms with E-state index in [1.165, 1.54) is 22.3 Å². The Bertz CT molecular complexity index is 2400. The second-order valence-corrected chi connectivity index (χ2v) is 18.0. The summed E-state index contributed by atoms with van der Waals surface area (Å²) in [6, 6.07) is 47.8. The van der Waals surface area contributed by atoms with Gasteiger partial charge in [-0.25, -0.2) is 4.98 Å². The Morgan fingerprint density at radius 1 is 0.903 bits per heavy atom. The van der Waals surface area contributed by atoms with Gasteiger partial charge in [0.15, 0.2) is 23.0 Å². The molecule has 0 radical (unpaired) electrons.